The molecule has 0 N–H and O–H groups in total. The molecule has 1 saturated heterocycles. The first-order valence-corrected chi connectivity index (χ1v) is 16.7. The molecule has 2 aliphatic rings. The fraction of sp³-hybridized carbons (Fsp3) is 0.294. The van der Waals surface area contributed by atoms with Gasteiger partial charge in [0.25, 0.3) is 11.6 Å². The molecule has 0 radical (unpaired) electrons. The van der Waals surface area contributed by atoms with E-state index in [0.717, 1.165) is 35.7 Å². The maximum absolute atomic E-state index is 14.2. The number of carbonyl (C=O) groups excluding carboxylic acids is 3. The van der Waals surface area contributed by atoms with Gasteiger partial charge in [0.2, 0.25) is 0 Å². The van der Waals surface area contributed by atoms with Gasteiger partial charge in [-0.3, -0.25) is 29.6 Å². The van der Waals surface area contributed by atoms with Gasteiger partial charge in [-0.2, -0.15) is 0 Å². The number of hydrogen-bond donors (Lipinski definition) is 0. The largest absolute Gasteiger partial charge is 0.448 e. The fourth-order valence-electron chi connectivity index (χ4n) is 5.44. The Labute approximate surface area is 270 Å². The Balaban J connectivity index is 1.49. The van der Waals surface area contributed by atoms with Gasteiger partial charge in [0, 0.05) is 36.8 Å². The number of aliphatic imine (C=N–C) groups is 1. The molecular weight excluding hydrogens is 611 g/mol. The summed E-state index contributed by atoms with van der Waals surface area (Å²) in [7, 11) is 0. The minimum atomic E-state index is -1.11. The molecule has 45 heavy (non-hydrogen) atoms. The Morgan fingerprint density at radius 1 is 1.09 bits per heavy atom. The predicted molar refractivity (Wildman–Crippen MR) is 177 cm³/mol. The van der Waals surface area contributed by atoms with E-state index in [-0.39, 0.29) is 28.2 Å². The van der Waals surface area contributed by atoms with Crippen LogP contribution in [-0.4, -0.2) is 55.4 Å². The molecule has 0 saturated carbocycles. The molecule has 11 heteroatoms. The van der Waals surface area contributed by atoms with Crippen molar-refractivity contribution in [1.82, 2.24) is 4.90 Å². The summed E-state index contributed by atoms with van der Waals surface area (Å²) in [6.07, 6.45) is 2.95. The number of non-ortho nitro benzene ring substituents is 1. The van der Waals surface area contributed by atoms with Gasteiger partial charge in [-0.25, -0.2) is 4.79 Å². The van der Waals surface area contributed by atoms with Crippen molar-refractivity contribution in [3.63, 3.8) is 0 Å². The van der Waals surface area contributed by atoms with E-state index in [1.807, 2.05) is 67.6 Å². The van der Waals surface area contributed by atoms with Crippen molar-refractivity contribution in [2.75, 3.05) is 11.5 Å². The van der Waals surface area contributed by atoms with Crippen LogP contribution in [0.2, 0.25) is 0 Å². The average molecular weight is 644 g/mol. The molecule has 1 fully saturated rings. The summed E-state index contributed by atoms with van der Waals surface area (Å²) in [5, 5.41) is 10.5. The molecule has 9 nitrogen and oxygen atoms in total. The summed E-state index contributed by atoms with van der Waals surface area (Å²) in [6, 6.07) is 24.9. The number of nitro benzene ring substituents is 1. The first-order chi connectivity index (χ1) is 21.7. The molecule has 2 heterocycles. The van der Waals surface area contributed by atoms with Crippen LogP contribution in [0.25, 0.3) is 0 Å². The Hall–Kier alpha value is -4.22. The van der Waals surface area contributed by atoms with Crippen molar-refractivity contribution in [1.29, 1.82) is 0 Å². The number of amides is 1. The summed E-state index contributed by atoms with van der Waals surface area (Å²) in [4.78, 5) is 57.2. The zero-order chi connectivity index (χ0) is 32.0. The Morgan fingerprint density at radius 3 is 2.27 bits per heavy atom. The van der Waals surface area contributed by atoms with Gasteiger partial charge < -0.3 is 4.74 Å². The summed E-state index contributed by atoms with van der Waals surface area (Å²) in [5.74, 6) is -0.242. The van der Waals surface area contributed by atoms with Crippen LogP contribution in [0, 0.1) is 10.1 Å². The van der Waals surface area contributed by atoms with Crippen molar-refractivity contribution < 1.29 is 24.0 Å². The van der Waals surface area contributed by atoms with Crippen LogP contribution in [0.1, 0.15) is 55.9 Å². The molecule has 1 unspecified atom stereocenters. The number of rotatable bonds is 12. The van der Waals surface area contributed by atoms with Gasteiger partial charge >= 0.3 is 5.97 Å². The second-order valence-corrected chi connectivity index (χ2v) is 13.0. The second kappa shape index (κ2) is 14.3. The third kappa shape index (κ3) is 6.89. The van der Waals surface area contributed by atoms with Gasteiger partial charge in [-0.15, -0.1) is 11.8 Å². The molecule has 3 aromatic rings. The lowest BCUT2D eigenvalue weighted by Gasteiger charge is -2.55. The molecule has 0 aliphatic carbocycles. The second-order valence-electron chi connectivity index (χ2n) is 10.8. The summed E-state index contributed by atoms with van der Waals surface area (Å²) in [5.41, 5.74) is 1.91. The molecule has 2 aliphatic heterocycles. The van der Waals surface area contributed by atoms with Gasteiger partial charge in [0.05, 0.1) is 4.92 Å². The van der Waals surface area contributed by atoms with Crippen LogP contribution in [0.15, 0.2) is 101 Å². The van der Waals surface area contributed by atoms with Gasteiger partial charge in [-0.05, 0) is 40.8 Å². The Morgan fingerprint density at radius 2 is 1.71 bits per heavy atom. The lowest BCUT2D eigenvalue weighted by Crippen LogP contribution is -2.72. The van der Waals surface area contributed by atoms with E-state index in [1.54, 1.807) is 18.3 Å². The summed E-state index contributed by atoms with van der Waals surface area (Å²) >= 11 is 2.61. The van der Waals surface area contributed by atoms with Crippen molar-refractivity contribution in [2.24, 2.45) is 4.99 Å². The van der Waals surface area contributed by atoms with E-state index in [0.29, 0.717) is 23.3 Å². The van der Waals surface area contributed by atoms with E-state index in [4.69, 9.17) is 9.73 Å². The predicted octanol–water partition coefficient (Wildman–Crippen LogP) is 6.72. The van der Waals surface area contributed by atoms with Gasteiger partial charge in [0.15, 0.2) is 16.8 Å². The average Bonchev–Trinajstić information content (AvgIpc) is 3.06. The molecule has 0 spiro atoms. The van der Waals surface area contributed by atoms with Crippen molar-refractivity contribution >= 4 is 52.4 Å². The highest BCUT2D eigenvalue weighted by Crippen LogP contribution is 2.51. The van der Waals surface area contributed by atoms with Crippen molar-refractivity contribution in [2.45, 2.75) is 50.1 Å². The number of benzene rings is 3. The topological polar surface area (TPSA) is 119 Å². The molecule has 2 atom stereocenters. The quantitative estimate of drug-likeness (QED) is 0.0701. The highest BCUT2D eigenvalue weighted by molar-refractivity contribution is 8.13. The van der Waals surface area contributed by atoms with Gasteiger partial charge in [-0.1, -0.05) is 92.2 Å². The number of nitro groups is 1. The normalized spacial score (nSPS) is 19.4. The molecule has 0 bridgehead atoms. The number of β-lactam (4-membered cyclic amide) rings is 1. The van der Waals surface area contributed by atoms with Crippen molar-refractivity contribution in [3.8, 4) is 0 Å². The van der Waals surface area contributed by atoms with Crippen molar-refractivity contribution in [3.05, 3.63) is 123 Å². The van der Waals surface area contributed by atoms with E-state index >= 15 is 0 Å². The van der Waals surface area contributed by atoms with Crippen LogP contribution < -0.4 is 0 Å². The number of fused-ring (bicyclic) bond motifs is 1. The number of carbonyl (C=O) groups is 3. The fourth-order valence-corrected chi connectivity index (χ4v) is 7.69. The maximum Gasteiger partial charge on any atom is 0.356 e. The van der Waals surface area contributed by atoms with E-state index in [1.165, 1.54) is 35.7 Å². The van der Waals surface area contributed by atoms with Crippen LogP contribution in [0.5, 0.6) is 0 Å². The maximum atomic E-state index is 14.2. The molecule has 5 rings (SSSR count). The van der Waals surface area contributed by atoms with E-state index in [9.17, 15) is 24.5 Å². The summed E-state index contributed by atoms with van der Waals surface area (Å²) < 4.78 is 6.22. The lowest BCUT2D eigenvalue weighted by atomic mass is 9.82. The number of hydrogen-bond acceptors (Lipinski definition) is 9. The SMILES string of the molecule is CCCCC1(N=Cc2ccc([N+](=O)[O-])cc2)C(=O)N2C(C(=O)OC(c3ccccc3)c3ccccc3)=C(CSC(C)=O)CS[C@@H]21. The van der Waals surface area contributed by atoms with Crippen LogP contribution in [-0.2, 0) is 19.1 Å². The molecule has 232 valence electrons. The monoisotopic (exact) mass is 643 g/mol. The van der Waals surface area contributed by atoms with Crippen LogP contribution in [0.4, 0.5) is 5.69 Å². The smallest absolute Gasteiger partial charge is 0.356 e. The molecule has 1 amide bonds. The zero-order valence-electron chi connectivity index (χ0n) is 25.0. The number of nitrogens with zero attached hydrogens (tertiary/aromatic N) is 3. The third-order valence-electron chi connectivity index (χ3n) is 7.76. The minimum Gasteiger partial charge on any atom is -0.448 e. The number of ether oxygens (including phenoxy) is 1. The molecular formula is C34H33N3O6S2. The molecule has 0 aromatic heterocycles. The lowest BCUT2D eigenvalue weighted by molar-refractivity contribution is -0.384. The van der Waals surface area contributed by atoms with Gasteiger partial charge in [0.1, 0.15) is 11.1 Å². The van der Waals surface area contributed by atoms with Crippen LogP contribution >= 0.6 is 23.5 Å². The van der Waals surface area contributed by atoms with E-state index in [2.05, 4.69) is 0 Å². The number of unbranched alkanes of at least 4 members (excludes halogenated alkanes) is 1. The standard InChI is InChI=1S/C34H33N3O6S2/c1-3-4-19-34(35-20-24-15-17-28(18-16-24)37(41)42)32(40)36-29(27(21-44-23(2)38)22-45-33(34)36)31(39)43-30(25-11-7-5-8-12-25)26-13-9-6-10-14-26/h5-18,20,30,33H,3-4,19,21-22H2,1-2H3/t33-,34?/m1/s1. The third-order valence-corrected chi connectivity index (χ3v) is 10.1. The minimum absolute atomic E-state index is 0.0323. The highest BCUT2D eigenvalue weighted by atomic mass is 32.2. The summed E-state index contributed by atoms with van der Waals surface area (Å²) in [6.45, 7) is 3.51. The zero-order valence-corrected chi connectivity index (χ0v) is 26.6. The van der Waals surface area contributed by atoms with E-state index < -0.39 is 27.9 Å². The molecule has 3 aromatic carbocycles. The highest BCUT2D eigenvalue weighted by Gasteiger charge is 2.64. The Kier molecular flexibility index (Phi) is 10.2. The Bertz CT molecular complexity index is 1590. The van der Waals surface area contributed by atoms with Crippen LogP contribution in [0.3, 0.4) is 0 Å². The first kappa shape index (κ1) is 32.2. The number of esters is 1. The first-order valence-electron chi connectivity index (χ1n) is 14.7. The number of thioether (sulfide) groups is 2.